The average molecular weight is 246 g/mol. The van der Waals surface area contributed by atoms with E-state index in [0.717, 1.165) is 0 Å². The van der Waals surface area contributed by atoms with E-state index in [0.29, 0.717) is 5.02 Å². The number of nitrogens with two attached hydrogens (primary N) is 1. The third-order valence-electron chi connectivity index (χ3n) is 1.50. The maximum absolute atomic E-state index is 11.4. The van der Waals surface area contributed by atoms with Crippen molar-refractivity contribution in [2.75, 3.05) is 0 Å². The molecule has 0 aliphatic heterocycles. The first-order valence-electron chi connectivity index (χ1n) is 3.85. The largest absolute Gasteiger partial charge is 0.507 e. The number of nitrogens with one attached hydrogen (secondary N) is 2. The van der Waals surface area contributed by atoms with E-state index in [2.05, 4.69) is 23.1 Å². The van der Waals surface area contributed by atoms with Crippen LogP contribution in [-0.2, 0) is 0 Å². The Morgan fingerprint density at radius 1 is 1.47 bits per heavy atom. The summed E-state index contributed by atoms with van der Waals surface area (Å²) >= 11 is 10.1. The Balaban J connectivity index is 2.81. The molecule has 0 unspecified atom stereocenters. The summed E-state index contributed by atoms with van der Waals surface area (Å²) in [5.41, 5.74) is 9.58. The van der Waals surface area contributed by atoms with Gasteiger partial charge >= 0.3 is 0 Å². The second-order valence-corrected chi connectivity index (χ2v) is 3.48. The number of phenolic OH excluding ortho intramolecular Hbond substituents is 1. The van der Waals surface area contributed by atoms with E-state index in [4.69, 9.17) is 17.3 Å². The van der Waals surface area contributed by atoms with Gasteiger partial charge in [-0.25, -0.2) is 0 Å². The van der Waals surface area contributed by atoms with Crippen LogP contribution in [0.25, 0.3) is 0 Å². The summed E-state index contributed by atoms with van der Waals surface area (Å²) in [4.78, 5) is 11.4. The highest BCUT2D eigenvalue weighted by Crippen LogP contribution is 2.20. The SMILES string of the molecule is NC(=S)NNC(=O)c1cc(Cl)ccc1O. The summed E-state index contributed by atoms with van der Waals surface area (Å²) in [5.74, 6) is -0.760. The highest BCUT2D eigenvalue weighted by molar-refractivity contribution is 7.80. The number of amides is 1. The van der Waals surface area contributed by atoms with Crippen molar-refractivity contribution >= 4 is 34.8 Å². The summed E-state index contributed by atoms with van der Waals surface area (Å²) in [7, 11) is 0. The lowest BCUT2D eigenvalue weighted by molar-refractivity contribution is 0.0941. The zero-order chi connectivity index (χ0) is 11.4. The molecule has 0 atom stereocenters. The summed E-state index contributed by atoms with van der Waals surface area (Å²) in [6.45, 7) is 0. The number of carbonyl (C=O) groups is 1. The zero-order valence-corrected chi connectivity index (χ0v) is 9.02. The standard InChI is InChI=1S/C8H8ClN3O2S/c9-4-1-2-6(13)5(3-4)7(14)11-12-8(10)15/h1-3,13H,(H,11,14)(H3,10,12,15). The lowest BCUT2D eigenvalue weighted by atomic mass is 10.2. The van der Waals surface area contributed by atoms with Crippen molar-refractivity contribution < 1.29 is 9.90 Å². The molecule has 0 radical (unpaired) electrons. The minimum absolute atomic E-state index is 0.0336. The van der Waals surface area contributed by atoms with E-state index in [9.17, 15) is 9.90 Å². The topological polar surface area (TPSA) is 87.4 Å². The fourth-order valence-electron chi connectivity index (χ4n) is 0.876. The van der Waals surface area contributed by atoms with Gasteiger partial charge in [-0.1, -0.05) is 11.6 Å². The average Bonchev–Trinajstić information content (AvgIpc) is 2.18. The number of carbonyl (C=O) groups excluding carboxylic acids is 1. The number of halogens is 1. The van der Waals surface area contributed by atoms with Crippen molar-refractivity contribution in [2.45, 2.75) is 0 Å². The number of hydrogen-bond acceptors (Lipinski definition) is 3. The van der Waals surface area contributed by atoms with E-state index in [1.807, 2.05) is 0 Å². The third-order valence-corrected chi connectivity index (χ3v) is 1.84. The molecular formula is C8H8ClN3O2S. The Kier molecular flexibility index (Phi) is 3.70. The zero-order valence-electron chi connectivity index (χ0n) is 7.45. The molecule has 0 heterocycles. The van der Waals surface area contributed by atoms with Crippen LogP contribution in [0.4, 0.5) is 0 Å². The molecule has 0 aromatic heterocycles. The number of hydrogen-bond donors (Lipinski definition) is 4. The molecule has 0 bridgehead atoms. The molecule has 0 saturated carbocycles. The molecule has 0 fully saturated rings. The fraction of sp³-hybridized carbons (Fsp3) is 0. The first-order valence-corrected chi connectivity index (χ1v) is 4.63. The van der Waals surface area contributed by atoms with Gasteiger partial charge in [0.1, 0.15) is 5.75 Å². The number of thiocarbonyl (C=S) groups is 1. The molecule has 80 valence electrons. The molecule has 5 nitrogen and oxygen atoms in total. The van der Waals surface area contributed by atoms with Gasteiger partial charge in [0.2, 0.25) is 0 Å². The summed E-state index contributed by atoms with van der Waals surface area (Å²) in [6, 6.07) is 4.11. The lowest BCUT2D eigenvalue weighted by Gasteiger charge is -2.07. The van der Waals surface area contributed by atoms with Crippen LogP contribution in [-0.4, -0.2) is 16.1 Å². The first kappa shape index (κ1) is 11.5. The van der Waals surface area contributed by atoms with Crippen LogP contribution < -0.4 is 16.6 Å². The van der Waals surface area contributed by atoms with Gasteiger partial charge in [-0.3, -0.25) is 15.6 Å². The van der Waals surface area contributed by atoms with Gasteiger partial charge in [-0.15, -0.1) is 0 Å². The Morgan fingerprint density at radius 3 is 2.73 bits per heavy atom. The summed E-state index contributed by atoms with van der Waals surface area (Å²) < 4.78 is 0. The van der Waals surface area contributed by atoms with Crippen LogP contribution in [0, 0.1) is 0 Å². The summed E-state index contributed by atoms with van der Waals surface area (Å²) in [6.07, 6.45) is 0. The number of benzene rings is 1. The van der Waals surface area contributed by atoms with Gasteiger partial charge in [0.05, 0.1) is 5.56 Å². The fourth-order valence-corrected chi connectivity index (χ4v) is 1.10. The molecular weight excluding hydrogens is 238 g/mol. The lowest BCUT2D eigenvalue weighted by Crippen LogP contribution is -2.44. The molecule has 0 aliphatic carbocycles. The molecule has 1 aromatic carbocycles. The summed E-state index contributed by atoms with van der Waals surface area (Å²) in [5, 5.41) is 9.62. The van der Waals surface area contributed by atoms with Gasteiger partial charge in [-0.2, -0.15) is 0 Å². The van der Waals surface area contributed by atoms with Gasteiger partial charge in [0, 0.05) is 5.02 Å². The smallest absolute Gasteiger partial charge is 0.273 e. The molecule has 1 rings (SSSR count). The maximum Gasteiger partial charge on any atom is 0.273 e. The predicted molar refractivity (Wildman–Crippen MR) is 60.5 cm³/mol. The van der Waals surface area contributed by atoms with Crippen LogP contribution >= 0.6 is 23.8 Å². The maximum atomic E-state index is 11.4. The monoisotopic (exact) mass is 245 g/mol. The highest BCUT2D eigenvalue weighted by atomic mass is 35.5. The second kappa shape index (κ2) is 4.81. The van der Waals surface area contributed by atoms with Gasteiger partial charge in [-0.05, 0) is 30.4 Å². The van der Waals surface area contributed by atoms with E-state index in [-0.39, 0.29) is 16.4 Å². The van der Waals surface area contributed by atoms with E-state index >= 15 is 0 Å². The van der Waals surface area contributed by atoms with Crippen molar-refractivity contribution in [1.29, 1.82) is 0 Å². The minimum atomic E-state index is -0.581. The Labute approximate surface area is 96.2 Å². The number of phenols is 1. The Hall–Kier alpha value is -1.53. The molecule has 1 aromatic rings. The molecule has 5 N–H and O–H groups in total. The number of hydrazine groups is 1. The van der Waals surface area contributed by atoms with Crippen molar-refractivity contribution in [2.24, 2.45) is 5.73 Å². The van der Waals surface area contributed by atoms with E-state index in [1.165, 1.54) is 18.2 Å². The van der Waals surface area contributed by atoms with Crippen molar-refractivity contribution in [3.8, 4) is 5.75 Å². The van der Waals surface area contributed by atoms with E-state index in [1.54, 1.807) is 0 Å². The van der Waals surface area contributed by atoms with Crippen LogP contribution in [0.2, 0.25) is 5.02 Å². The molecule has 7 heteroatoms. The first-order chi connectivity index (χ1) is 7.00. The van der Waals surface area contributed by atoms with Gasteiger partial charge < -0.3 is 10.8 Å². The Bertz CT molecular complexity index is 411. The third kappa shape index (κ3) is 3.26. The molecule has 15 heavy (non-hydrogen) atoms. The predicted octanol–water partition coefficient (Wildman–Crippen LogP) is 0.524. The van der Waals surface area contributed by atoms with Gasteiger partial charge in [0.15, 0.2) is 5.11 Å². The normalized spacial score (nSPS) is 9.40. The second-order valence-electron chi connectivity index (χ2n) is 2.60. The number of rotatable bonds is 1. The molecule has 0 saturated heterocycles. The minimum Gasteiger partial charge on any atom is -0.507 e. The van der Waals surface area contributed by atoms with Crippen molar-refractivity contribution in [3.05, 3.63) is 28.8 Å². The van der Waals surface area contributed by atoms with Crippen LogP contribution in [0.1, 0.15) is 10.4 Å². The Morgan fingerprint density at radius 2 is 2.13 bits per heavy atom. The van der Waals surface area contributed by atoms with Crippen molar-refractivity contribution in [3.63, 3.8) is 0 Å². The van der Waals surface area contributed by atoms with Gasteiger partial charge in [0.25, 0.3) is 5.91 Å². The molecule has 0 spiro atoms. The van der Waals surface area contributed by atoms with Crippen LogP contribution in [0.15, 0.2) is 18.2 Å². The van der Waals surface area contributed by atoms with Crippen LogP contribution in [0.5, 0.6) is 5.75 Å². The molecule has 0 aliphatic rings. The van der Waals surface area contributed by atoms with Crippen LogP contribution in [0.3, 0.4) is 0 Å². The highest BCUT2D eigenvalue weighted by Gasteiger charge is 2.11. The molecule has 1 amide bonds. The van der Waals surface area contributed by atoms with Crippen molar-refractivity contribution in [1.82, 2.24) is 10.9 Å². The van der Waals surface area contributed by atoms with E-state index < -0.39 is 5.91 Å². The quantitative estimate of drug-likeness (QED) is 0.428. The number of aromatic hydroxyl groups is 1.